The van der Waals surface area contributed by atoms with E-state index < -0.39 is 0 Å². The van der Waals surface area contributed by atoms with Crippen molar-refractivity contribution in [2.75, 3.05) is 5.43 Å². The van der Waals surface area contributed by atoms with Gasteiger partial charge in [0.2, 0.25) is 5.95 Å². The van der Waals surface area contributed by atoms with Gasteiger partial charge in [0.1, 0.15) is 12.4 Å². The van der Waals surface area contributed by atoms with Crippen molar-refractivity contribution in [1.82, 2.24) is 9.97 Å². The third kappa shape index (κ3) is 6.06. The number of halogens is 1. The molecule has 0 radical (unpaired) electrons. The molecule has 0 spiro atoms. The van der Waals surface area contributed by atoms with E-state index in [0.717, 1.165) is 39.9 Å². The van der Waals surface area contributed by atoms with Crippen LogP contribution >= 0.6 is 15.9 Å². The second-order valence-electron chi connectivity index (χ2n) is 6.19. The summed E-state index contributed by atoms with van der Waals surface area (Å²) < 4.78 is 6.83. The number of hydrogen-bond acceptors (Lipinski definition) is 5. The first-order chi connectivity index (χ1) is 13.6. The van der Waals surface area contributed by atoms with Gasteiger partial charge in [0.25, 0.3) is 5.56 Å². The number of ether oxygens (including phenoxy) is 1. The number of aromatic amines is 1. The summed E-state index contributed by atoms with van der Waals surface area (Å²) in [4.78, 5) is 18.6. The van der Waals surface area contributed by atoms with Crippen LogP contribution in [0.2, 0.25) is 0 Å². The Morgan fingerprint density at radius 2 is 1.93 bits per heavy atom. The van der Waals surface area contributed by atoms with Gasteiger partial charge >= 0.3 is 0 Å². The average molecular weight is 441 g/mol. The molecule has 0 aliphatic heterocycles. The van der Waals surface area contributed by atoms with Crippen LogP contribution in [0.5, 0.6) is 5.75 Å². The molecule has 0 bridgehead atoms. The molecule has 0 fully saturated rings. The van der Waals surface area contributed by atoms with E-state index in [4.69, 9.17) is 4.74 Å². The Morgan fingerprint density at radius 1 is 1.18 bits per heavy atom. The summed E-state index contributed by atoms with van der Waals surface area (Å²) >= 11 is 3.42. The molecule has 0 saturated heterocycles. The van der Waals surface area contributed by atoms with Gasteiger partial charge in [-0.1, -0.05) is 41.4 Å². The van der Waals surface area contributed by atoms with Crippen LogP contribution in [-0.2, 0) is 13.0 Å². The third-order valence-corrected chi connectivity index (χ3v) is 4.41. The van der Waals surface area contributed by atoms with Crippen LogP contribution in [-0.4, -0.2) is 16.2 Å². The summed E-state index contributed by atoms with van der Waals surface area (Å²) in [5.41, 5.74) is 5.32. The van der Waals surface area contributed by atoms with Crippen molar-refractivity contribution < 1.29 is 4.74 Å². The van der Waals surface area contributed by atoms with Gasteiger partial charge in [-0.2, -0.15) is 5.10 Å². The Kier molecular flexibility index (Phi) is 6.97. The van der Waals surface area contributed by atoms with Gasteiger partial charge < -0.3 is 4.74 Å². The molecule has 6 nitrogen and oxygen atoms in total. The van der Waals surface area contributed by atoms with E-state index in [-0.39, 0.29) is 5.56 Å². The zero-order chi connectivity index (χ0) is 19.8. The van der Waals surface area contributed by atoms with Gasteiger partial charge in [-0.05, 0) is 53.9 Å². The number of aryl methyl sites for hydroxylation is 1. The molecule has 2 N–H and O–H groups in total. The average Bonchev–Trinajstić information content (AvgIpc) is 2.68. The maximum Gasteiger partial charge on any atom is 0.252 e. The van der Waals surface area contributed by atoms with Crippen LogP contribution in [0, 0.1) is 0 Å². The molecule has 1 heterocycles. The number of benzene rings is 2. The number of nitrogens with zero attached hydrogens (tertiary/aromatic N) is 2. The van der Waals surface area contributed by atoms with Crippen molar-refractivity contribution in [2.24, 2.45) is 5.10 Å². The Balaban J connectivity index is 1.55. The summed E-state index contributed by atoms with van der Waals surface area (Å²) in [6, 6.07) is 17.1. The molecule has 144 valence electrons. The van der Waals surface area contributed by atoms with E-state index in [2.05, 4.69) is 36.4 Å². The molecule has 28 heavy (non-hydrogen) atoms. The van der Waals surface area contributed by atoms with Crippen molar-refractivity contribution in [3.8, 4) is 5.75 Å². The molecule has 1 aromatic heterocycles. The predicted molar refractivity (Wildman–Crippen MR) is 115 cm³/mol. The quantitative estimate of drug-likeness (QED) is 0.398. The largest absolute Gasteiger partial charge is 0.489 e. The minimum absolute atomic E-state index is 0.191. The van der Waals surface area contributed by atoms with E-state index in [0.29, 0.717) is 12.6 Å². The molecule has 2 aromatic carbocycles. The van der Waals surface area contributed by atoms with E-state index in [1.165, 1.54) is 6.07 Å². The van der Waals surface area contributed by atoms with Crippen LogP contribution in [0.4, 0.5) is 5.95 Å². The van der Waals surface area contributed by atoms with E-state index in [1.54, 1.807) is 6.21 Å². The van der Waals surface area contributed by atoms with E-state index in [9.17, 15) is 4.79 Å². The number of aromatic nitrogens is 2. The molecule has 3 rings (SSSR count). The highest BCUT2D eigenvalue weighted by Gasteiger charge is 2.00. The normalized spacial score (nSPS) is 10.9. The summed E-state index contributed by atoms with van der Waals surface area (Å²) in [6.07, 6.45) is 3.34. The molecular weight excluding hydrogens is 420 g/mol. The Bertz CT molecular complexity index is 983. The lowest BCUT2D eigenvalue weighted by atomic mass is 10.2. The minimum Gasteiger partial charge on any atom is -0.489 e. The molecule has 0 amide bonds. The van der Waals surface area contributed by atoms with Gasteiger partial charge in [-0.3, -0.25) is 9.78 Å². The second-order valence-corrected chi connectivity index (χ2v) is 7.11. The fraction of sp³-hybridized carbons (Fsp3) is 0.190. The van der Waals surface area contributed by atoms with Crippen LogP contribution in [0.1, 0.15) is 30.2 Å². The SMILES string of the molecule is CCCc1cc(=O)[nH]c(N/N=C/c2ccc(OCc3ccc(Br)cc3)cc2)n1. The topological polar surface area (TPSA) is 79.4 Å². The van der Waals surface area contributed by atoms with Crippen molar-refractivity contribution in [3.63, 3.8) is 0 Å². The zero-order valence-corrected chi connectivity index (χ0v) is 17.1. The fourth-order valence-electron chi connectivity index (χ4n) is 2.51. The smallest absolute Gasteiger partial charge is 0.252 e. The van der Waals surface area contributed by atoms with Gasteiger partial charge in [0.05, 0.1) is 6.21 Å². The first-order valence-corrected chi connectivity index (χ1v) is 9.78. The molecule has 3 aromatic rings. The summed E-state index contributed by atoms with van der Waals surface area (Å²) in [5, 5.41) is 4.13. The number of hydrazone groups is 1. The highest BCUT2D eigenvalue weighted by Crippen LogP contribution is 2.15. The van der Waals surface area contributed by atoms with Crippen molar-refractivity contribution >= 4 is 28.1 Å². The molecule has 0 aliphatic carbocycles. The number of rotatable bonds is 8. The lowest BCUT2D eigenvalue weighted by Crippen LogP contribution is -2.11. The van der Waals surface area contributed by atoms with Crippen molar-refractivity contribution in [2.45, 2.75) is 26.4 Å². The lowest BCUT2D eigenvalue weighted by Gasteiger charge is -2.06. The van der Waals surface area contributed by atoms with Gasteiger partial charge in [-0.15, -0.1) is 0 Å². The Labute approximate surface area is 171 Å². The number of hydrogen-bond donors (Lipinski definition) is 2. The summed E-state index contributed by atoms with van der Waals surface area (Å²) in [5.74, 6) is 1.12. The highest BCUT2D eigenvalue weighted by atomic mass is 79.9. The van der Waals surface area contributed by atoms with Crippen LogP contribution in [0.15, 0.2) is 69.0 Å². The third-order valence-electron chi connectivity index (χ3n) is 3.88. The summed E-state index contributed by atoms with van der Waals surface area (Å²) in [6.45, 7) is 2.55. The summed E-state index contributed by atoms with van der Waals surface area (Å²) in [7, 11) is 0. The van der Waals surface area contributed by atoms with Crippen LogP contribution in [0.3, 0.4) is 0 Å². The van der Waals surface area contributed by atoms with Gasteiger partial charge in [-0.25, -0.2) is 10.4 Å². The van der Waals surface area contributed by atoms with Crippen LogP contribution < -0.4 is 15.7 Å². The number of H-pyrrole nitrogens is 1. The first kappa shape index (κ1) is 19.8. The lowest BCUT2D eigenvalue weighted by molar-refractivity contribution is 0.306. The van der Waals surface area contributed by atoms with E-state index in [1.807, 2.05) is 55.5 Å². The monoisotopic (exact) mass is 440 g/mol. The number of nitrogens with one attached hydrogen (secondary N) is 2. The molecular formula is C21H21BrN4O2. The minimum atomic E-state index is -0.191. The van der Waals surface area contributed by atoms with E-state index >= 15 is 0 Å². The Morgan fingerprint density at radius 3 is 2.64 bits per heavy atom. The molecule has 0 unspecified atom stereocenters. The van der Waals surface area contributed by atoms with Crippen molar-refractivity contribution in [3.05, 3.63) is 86.2 Å². The molecule has 0 aliphatic rings. The molecule has 0 atom stereocenters. The number of anilines is 1. The second kappa shape index (κ2) is 9.85. The standard InChI is InChI=1S/C21H21BrN4O2/c1-2-3-18-12-20(27)25-21(24-18)26-23-13-15-6-10-19(11-7-15)28-14-16-4-8-17(22)9-5-16/h4-13H,2-3,14H2,1H3,(H2,24,25,26,27)/b23-13+. The molecule has 0 saturated carbocycles. The Hall–Kier alpha value is -2.93. The van der Waals surface area contributed by atoms with Gasteiger partial charge in [0, 0.05) is 16.2 Å². The highest BCUT2D eigenvalue weighted by molar-refractivity contribution is 9.10. The van der Waals surface area contributed by atoms with Crippen molar-refractivity contribution in [1.29, 1.82) is 0 Å². The maximum atomic E-state index is 11.6. The zero-order valence-electron chi connectivity index (χ0n) is 15.5. The maximum absolute atomic E-state index is 11.6. The van der Waals surface area contributed by atoms with Gasteiger partial charge in [0.15, 0.2) is 0 Å². The predicted octanol–water partition coefficient (Wildman–Crippen LogP) is 4.51. The van der Waals surface area contributed by atoms with Crippen LogP contribution in [0.25, 0.3) is 0 Å². The fourth-order valence-corrected chi connectivity index (χ4v) is 2.77. The first-order valence-electron chi connectivity index (χ1n) is 8.99. The molecule has 7 heteroatoms.